The van der Waals surface area contributed by atoms with E-state index in [0.717, 1.165) is 57.7 Å². The van der Waals surface area contributed by atoms with Crippen LogP contribution in [0.15, 0.2) is 12.4 Å². The van der Waals surface area contributed by atoms with E-state index in [1.807, 2.05) is 17.3 Å². The molecular weight excluding hydrogens is 294 g/mol. The van der Waals surface area contributed by atoms with Crippen LogP contribution in [0.25, 0.3) is 0 Å². The first-order valence-corrected chi connectivity index (χ1v) is 8.46. The highest BCUT2D eigenvalue weighted by molar-refractivity contribution is 5.79. The molecule has 1 spiro atoms. The molecule has 0 saturated carbocycles. The summed E-state index contributed by atoms with van der Waals surface area (Å²) in [6.45, 7) is 3.16. The van der Waals surface area contributed by atoms with Gasteiger partial charge in [-0.2, -0.15) is 0 Å². The summed E-state index contributed by atoms with van der Waals surface area (Å²) in [5.41, 5.74) is 0.0868. The maximum absolute atomic E-state index is 12.5. The molecule has 1 aromatic rings. The van der Waals surface area contributed by atoms with Crippen molar-refractivity contribution in [3.05, 3.63) is 18.2 Å². The molecule has 2 fully saturated rings. The number of likely N-dealkylation sites (tertiary alicyclic amines) is 1. The van der Waals surface area contributed by atoms with Gasteiger partial charge >= 0.3 is 6.03 Å². The number of fused-ring (bicyclic) bond motifs is 1. The first-order valence-electron chi connectivity index (χ1n) is 8.46. The maximum Gasteiger partial charge on any atom is 0.317 e. The van der Waals surface area contributed by atoms with E-state index in [1.165, 1.54) is 0 Å². The smallest absolute Gasteiger partial charge is 0.317 e. The van der Waals surface area contributed by atoms with Crippen molar-refractivity contribution in [3.8, 4) is 0 Å². The lowest BCUT2D eigenvalue weighted by molar-refractivity contribution is -0.119. The molecule has 0 radical (unpaired) electrons. The molecule has 23 heavy (non-hydrogen) atoms. The van der Waals surface area contributed by atoms with Gasteiger partial charge in [0.15, 0.2) is 0 Å². The van der Waals surface area contributed by atoms with Gasteiger partial charge in [-0.25, -0.2) is 9.78 Å². The summed E-state index contributed by atoms with van der Waals surface area (Å²) in [6, 6.07) is 0.199. The summed E-state index contributed by atoms with van der Waals surface area (Å²) in [7, 11) is 0. The standard InChI is InChI=1S/C16H23N5O2/c22-14-10-16(11-18-14)2-6-21(7-3-16)15(23)19-12-1-5-20-8-4-17-13(20)9-12/h4,8,12H,1-3,5-7,9-11H2,(H,18,22)(H,19,23). The molecule has 1 aromatic heterocycles. The van der Waals surface area contributed by atoms with Gasteiger partial charge in [0.1, 0.15) is 5.82 Å². The molecular formula is C16H23N5O2. The molecule has 3 amide bonds. The number of piperidine rings is 1. The molecule has 0 aliphatic carbocycles. The fourth-order valence-corrected chi connectivity index (χ4v) is 4.03. The highest BCUT2D eigenvalue weighted by atomic mass is 16.2. The van der Waals surface area contributed by atoms with Crippen LogP contribution in [0, 0.1) is 5.41 Å². The number of aromatic nitrogens is 2. The average Bonchev–Trinajstić information content (AvgIpc) is 3.14. The molecule has 3 aliphatic rings. The lowest BCUT2D eigenvalue weighted by Gasteiger charge is -2.38. The zero-order valence-electron chi connectivity index (χ0n) is 13.3. The first-order chi connectivity index (χ1) is 11.1. The van der Waals surface area contributed by atoms with Crippen LogP contribution < -0.4 is 10.6 Å². The third-order valence-corrected chi connectivity index (χ3v) is 5.58. The van der Waals surface area contributed by atoms with Crippen molar-refractivity contribution >= 4 is 11.9 Å². The zero-order valence-corrected chi connectivity index (χ0v) is 13.3. The Balaban J connectivity index is 1.30. The van der Waals surface area contributed by atoms with Gasteiger partial charge in [0, 0.05) is 57.5 Å². The lowest BCUT2D eigenvalue weighted by Crippen LogP contribution is -2.51. The molecule has 0 bridgehead atoms. The molecule has 3 aliphatic heterocycles. The van der Waals surface area contributed by atoms with E-state index >= 15 is 0 Å². The Morgan fingerprint density at radius 3 is 2.91 bits per heavy atom. The summed E-state index contributed by atoms with van der Waals surface area (Å²) < 4.78 is 2.15. The van der Waals surface area contributed by atoms with Gasteiger partial charge < -0.3 is 20.1 Å². The van der Waals surface area contributed by atoms with Gasteiger partial charge in [-0.1, -0.05) is 0 Å². The van der Waals surface area contributed by atoms with Crippen LogP contribution in [0.4, 0.5) is 4.79 Å². The predicted molar refractivity (Wildman–Crippen MR) is 83.7 cm³/mol. The van der Waals surface area contributed by atoms with Gasteiger partial charge in [-0.05, 0) is 24.7 Å². The molecule has 124 valence electrons. The van der Waals surface area contributed by atoms with E-state index < -0.39 is 0 Å². The van der Waals surface area contributed by atoms with Gasteiger partial charge in [0.2, 0.25) is 5.91 Å². The number of hydrogen-bond donors (Lipinski definition) is 2. The summed E-state index contributed by atoms with van der Waals surface area (Å²) >= 11 is 0. The van der Waals surface area contributed by atoms with Crippen molar-refractivity contribution in [1.29, 1.82) is 0 Å². The minimum Gasteiger partial charge on any atom is -0.356 e. The molecule has 7 nitrogen and oxygen atoms in total. The van der Waals surface area contributed by atoms with Crippen molar-refractivity contribution in [3.63, 3.8) is 0 Å². The van der Waals surface area contributed by atoms with Gasteiger partial charge in [0.05, 0.1) is 0 Å². The molecule has 0 aromatic carbocycles. The number of amides is 3. The third-order valence-electron chi connectivity index (χ3n) is 5.58. The second-order valence-corrected chi connectivity index (χ2v) is 7.12. The van der Waals surface area contributed by atoms with Gasteiger partial charge in [-0.3, -0.25) is 4.79 Å². The fourth-order valence-electron chi connectivity index (χ4n) is 4.03. The number of urea groups is 1. The van der Waals surface area contributed by atoms with E-state index in [-0.39, 0.29) is 23.4 Å². The summed E-state index contributed by atoms with van der Waals surface area (Å²) in [4.78, 5) is 30.2. The van der Waals surface area contributed by atoms with Gasteiger partial charge in [-0.15, -0.1) is 0 Å². The van der Waals surface area contributed by atoms with E-state index in [0.29, 0.717) is 6.42 Å². The molecule has 4 rings (SSSR count). The second kappa shape index (κ2) is 5.54. The van der Waals surface area contributed by atoms with Crippen LogP contribution in [0.3, 0.4) is 0 Å². The van der Waals surface area contributed by atoms with E-state index in [4.69, 9.17) is 0 Å². The normalized spacial score (nSPS) is 26.0. The number of carbonyl (C=O) groups is 2. The van der Waals surface area contributed by atoms with Crippen molar-refractivity contribution in [1.82, 2.24) is 25.1 Å². The SMILES string of the molecule is O=C1CC2(CCN(C(=O)NC3CCn4ccnc4C3)CC2)CN1. The number of aryl methyl sites for hydroxylation is 1. The van der Waals surface area contributed by atoms with Crippen LogP contribution >= 0.6 is 0 Å². The number of hydrogen-bond acceptors (Lipinski definition) is 3. The summed E-state index contributed by atoms with van der Waals surface area (Å²) in [6.07, 6.45) is 8.01. The third kappa shape index (κ3) is 2.80. The molecule has 1 atom stereocenters. The molecule has 7 heteroatoms. The highest BCUT2D eigenvalue weighted by Crippen LogP contribution is 2.37. The Labute approximate surface area is 135 Å². The minimum absolute atomic E-state index is 0.0298. The van der Waals surface area contributed by atoms with Crippen LogP contribution in [-0.4, -0.2) is 52.1 Å². The molecule has 2 N–H and O–H groups in total. The Hall–Kier alpha value is -2.05. The number of nitrogens with one attached hydrogen (secondary N) is 2. The van der Waals surface area contributed by atoms with Crippen molar-refractivity contribution < 1.29 is 9.59 Å². The fraction of sp³-hybridized carbons (Fsp3) is 0.688. The van der Waals surface area contributed by atoms with Crippen molar-refractivity contribution in [2.24, 2.45) is 5.41 Å². The summed E-state index contributed by atoms with van der Waals surface area (Å²) in [5, 5.41) is 6.09. The van der Waals surface area contributed by atoms with E-state index in [1.54, 1.807) is 0 Å². The van der Waals surface area contributed by atoms with Crippen molar-refractivity contribution in [2.75, 3.05) is 19.6 Å². The Morgan fingerprint density at radius 1 is 1.35 bits per heavy atom. The van der Waals surface area contributed by atoms with Crippen LogP contribution in [0.5, 0.6) is 0 Å². The molecule has 2 saturated heterocycles. The predicted octanol–water partition coefficient (Wildman–Crippen LogP) is 0.510. The first kappa shape index (κ1) is 14.5. The quantitative estimate of drug-likeness (QED) is 0.792. The second-order valence-electron chi connectivity index (χ2n) is 7.12. The highest BCUT2D eigenvalue weighted by Gasteiger charge is 2.41. The zero-order chi connectivity index (χ0) is 15.9. The lowest BCUT2D eigenvalue weighted by atomic mass is 9.78. The topological polar surface area (TPSA) is 79.3 Å². The Kier molecular flexibility index (Phi) is 3.50. The minimum atomic E-state index is 0.0298. The largest absolute Gasteiger partial charge is 0.356 e. The number of imidazole rings is 1. The number of nitrogens with zero attached hydrogens (tertiary/aromatic N) is 3. The van der Waals surface area contributed by atoms with E-state index in [2.05, 4.69) is 20.2 Å². The molecule has 4 heterocycles. The van der Waals surface area contributed by atoms with Gasteiger partial charge in [0.25, 0.3) is 0 Å². The summed E-state index contributed by atoms with van der Waals surface area (Å²) in [5.74, 6) is 1.20. The Bertz CT molecular complexity index is 618. The number of carbonyl (C=O) groups excluding carboxylic acids is 2. The Morgan fingerprint density at radius 2 is 2.17 bits per heavy atom. The average molecular weight is 317 g/mol. The van der Waals surface area contributed by atoms with Crippen LogP contribution in [0.1, 0.15) is 31.5 Å². The van der Waals surface area contributed by atoms with Crippen LogP contribution in [0.2, 0.25) is 0 Å². The number of rotatable bonds is 1. The maximum atomic E-state index is 12.5. The van der Waals surface area contributed by atoms with E-state index in [9.17, 15) is 9.59 Å². The van der Waals surface area contributed by atoms with Crippen molar-refractivity contribution in [2.45, 2.75) is 44.7 Å². The van der Waals surface area contributed by atoms with Crippen LogP contribution in [-0.2, 0) is 17.8 Å². The molecule has 1 unspecified atom stereocenters. The monoisotopic (exact) mass is 317 g/mol.